The number of likely N-dealkylation sites (tertiary alicyclic amines) is 1. The molecule has 1 saturated heterocycles. The van der Waals surface area contributed by atoms with Crippen LogP contribution in [0.4, 0.5) is 0 Å². The summed E-state index contributed by atoms with van der Waals surface area (Å²) in [5.74, 6) is 0.969. The fourth-order valence-electron chi connectivity index (χ4n) is 1.61. The van der Waals surface area contributed by atoms with Gasteiger partial charge in [0.2, 0.25) is 0 Å². The molecule has 3 heteroatoms. The summed E-state index contributed by atoms with van der Waals surface area (Å²) in [7, 11) is 4.38. The van der Waals surface area contributed by atoms with E-state index in [0.717, 1.165) is 18.3 Å². The Hall–Kier alpha value is 0.270. The van der Waals surface area contributed by atoms with Crippen LogP contribution in [0, 0.1) is 0 Å². The number of nitrogens with zero attached hydrogens (tertiary/aromatic N) is 2. The minimum Gasteiger partial charge on any atom is -0.305 e. The van der Waals surface area contributed by atoms with E-state index in [1.54, 1.807) is 0 Å². The molecule has 1 unspecified atom stereocenters. The Kier molecular flexibility index (Phi) is 3.69. The van der Waals surface area contributed by atoms with E-state index in [9.17, 15) is 0 Å². The van der Waals surface area contributed by atoms with Gasteiger partial charge in [0.25, 0.3) is 0 Å². The van der Waals surface area contributed by atoms with Gasteiger partial charge in [-0.15, -0.1) is 0 Å². The first-order chi connectivity index (χ1) is 5.24. The van der Waals surface area contributed by atoms with Gasteiger partial charge < -0.3 is 9.80 Å². The van der Waals surface area contributed by atoms with Crippen molar-refractivity contribution in [2.75, 3.05) is 39.5 Å². The zero-order valence-corrected chi connectivity index (χ0v) is 8.35. The maximum atomic E-state index is 4.22. The average molecular weight is 174 g/mol. The van der Waals surface area contributed by atoms with Crippen LogP contribution in [0.25, 0.3) is 0 Å². The normalized spacial score (nSPS) is 26.7. The van der Waals surface area contributed by atoms with E-state index in [1.165, 1.54) is 19.5 Å². The monoisotopic (exact) mass is 174 g/mol. The Morgan fingerprint density at radius 1 is 1.64 bits per heavy atom. The van der Waals surface area contributed by atoms with Crippen LogP contribution in [0.15, 0.2) is 0 Å². The van der Waals surface area contributed by atoms with Crippen LogP contribution in [-0.4, -0.2) is 55.3 Å². The molecule has 0 radical (unpaired) electrons. The number of hydrogen-bond donors (Lipinski definition) is 1. The summed E-state index contributed by atoms with van der Waals surface area (Å²) in [6.45, 7) is 3.59. The van der Waals surface area contributed by atoms with E-state index in [4.69, 9.17) is 0 Å². The molecule has 0 aromatic carbocycles. The van der Waals surface area contributed by atoms with Gasteiger partial charge in [-0.2, -0.15) is 12.6 Å². The van der Waals surface area contributed by atoms with Gasteiger partial charge in [0.1, 0.15) is 0 Å². The quantitative estimate of drug-likeness (QED) is 0.624. The van der Waals surface area contributed by atoms with Gasteiger partial charge in [0.15, 0.2) is 0 Å². The van der Waals surface area contributed by atoms with Crippen molar-refractivity contribution >= 4 is 12.6 Å². The summed E-state index contributed by atoms with van der Waals surface area (Å²) in [5.41, 5.74) is 0. The summed E-state index contributed by atoms with van der Waals surface area (Å²) in [5, 5.41) is 0. The Morgan fingerprint density at radius 3 is 2.82 bits per heavy atom. The van der Waals surface area contributed by atoms with Gasteiger partial charge >= 0.3 is 0 Å². The third-order valence-corrected chi connectivity index (χ3v) is 2.64. The minimum atomic E-state index is 0.771. The molecule has 1 fully saturated rings. The molecule has 0 N–H and O–H groups in total. The summed E-state index contributed by atoms with van der Waals surface area (Å²) in [6, 6.07) is 0.771. The van der Waals surface area contributed by atoms with E-state index >= 15 is 0 Å². The molecular formula is C8H18N2S. The fraction of sp³-hybridized carbons (Fsp3) is 1.00. The molecule has 0 amide bonds. The van der Waals surface area contributed by atoms with E-state index in [1.807, 2.05) is 0 Å². The van der Waals surface area contributed by atoms with Crippen LogP contribution in [0.3, 0.4) is 0 Å². The Labute approximate surface area is 75.0 Å². The zero-order chi connectivity index (χ0) is 8.27. The van der Waals surface area contributed by atoms with Crippen molar-refractivity contribution in [1.82, 2.24) is 9.80 Å². The number of thiol groups is 1. The lowest BCUT2D eigenvalue weighted by atomic mass is 10.2. The van der Waals surface area contributed by atoms with Gasteiger partial charge in [0.05, 0.1) is 0 Å². The maximum absolute atomic E-state index is 4.22. The topological polar surface area (TPSA) is 6.48 Å². The Morgan fingerprint density at radius 2 is 2.36 bits per heavy atom. The largest absolute Gasteiger partial charge is 0.305 e. The summed E-state index contributed by atoms with van der Waals surface area (Å²) < 4.78 is 0. The molecule has 0 aromatic rings. The minimum absolute atomic E-state index is 0.771. The number of likely N-dealkylation sites (N-methyl/N-ethyl adjacent to an activating group) is 2. The van der Waals surface area contributed by atoms with Crippen molar-refractivity contribution in [2.45, 2.75) is 12.5 Å². The smallest absolute Gasteiger partial charge is 0.0232 e. The predicted molar refractivity (Wildman–Crippen MR) is 52.4 cm³/mol. The molecule has 0 spiro atoms. The Bertz CT molecular complexity index is 119. The van der Waals surface area contributed by atoms with Crippen molar-refractivity contribution in [1.29, 1.82) is 0 Å². The third-order valence-electron chi connectivity index (χ3n) is 2.44. The van der Waals surface area contributed by atoms with E-state index in [0.29, 0.717) is 0 Å². The molecule has 1 rings (SSSR count). The van der Waals surface area contributed by atoms with Gasteiger partial charge in [0, 0.05) is 24.9 Å². The second-order valence-electron chi connectivity index (χ2n) is 3.41. The van der Waals surface area contributed by atoms with Gasteiger partial charge in [-0.1, -0.05) is 0 Å². The molecule has 1 aliphatic rings. The van der Waals surface area contributed by atoms with Crippen molar-refractivity contribution in [2.24, 2.45) is 0 Å². The molecule has 0 aliphatic carbocycles. The lowest BCUT2D eigenvalue weighted by Crippen LogP contribution is -2.35. The third kappa shape index (κ3) is 2.65. The average Bonchev–Trinajstić information content (AvgIpc) is 2.36. The highest BCUT2D eigenvalue weighted by Crippen LogP contribution is 2.11. The molecule has 0 bridgehead atoms. The van der Waals surface area contributed by atoms with Crippen LogP contribution in [-0.2, 0) is 0 Å². The first-order valence-electron chi connectivity index (χ1n) is 4.23. The molecule has 1 heterocycles. The second kappa shape index (κ2) is 4.33. The van der Waals surface area contributed by atoms with Gasteiger partial charge in [-0.3, -0.25) is 0 Å². The lowest BCUT2D eigenvalue weighted by molar-refractivity contribution is 0.255. The lowest BCUT2D eigenvalue weighted by Gasteiger charge is -2.22. The van der Waals surface area contributed by atoms with Crippen molar-refractivity contribution in [3.05, 3.63) is 0 Å². The highest BCUT2D eigenvalue weighted by atomic mass is 32.1. The molecular weight excluding hydrogens is 156 g/mol. The molecule has 11 heavy (non-hydrogen) atoms. The SMILES string of the molecule is CN1CCC(N(C)CCS)C1. The summed E-state index contributed by atoms with van der Waals surface area (Å²) in [6.07, 6.45) is 1.32. The van der Waals surface area contributed by atoms with Crippen LogP contribution in [0.5, 0.6) is 0 Å². The molecule has 0 aromatic heterocycles. The van der Waals surface area contributed by atoms with Crippen LogP contribution in [0.1, 0.15) is 6.42 Å². The number of rotatable bonds is 3. The van der Waals surface area contributed by atoms with Crippen LogP contribution < -0.4 is 0 Å². The second-order valence-corrected chi connectivity index (χ2v) is 3.86. The first-order valence-corrected chi connectivity index (χ1v) is 4.87. The molecule has 1 atom stereocenters. The van der Waals surface area contributed by atoms with Crippen molar-refractivity contribution in [3.63, 3.8) is 0 Å². The van der Waals surface area contributed by atoms with Gasteiger partial charge in [-0.25, -0.2) is 0 Å². The van der Waals surface area contributed by atoms with E-state index in [-0.39, 0.29) is 0 Å². The standard InChI is InChI=1S/C8H18N2S/c1-9-4-3-8(7-9)10(2)5-6-11/h8,11H,3-7H2,1-2H3. The van der Waals surface area contributed by atoms with E-state index < -0.39 is 0 Å². The highest BCUT2D eigenvalue weighted by molar-refractivity contribution is 7.80. The molecule has 1 aliphatic heterocycles. The predicted octanol–water partition coefficient (Wildman–Crippen LogP) is 0.552. The first kappa shape index (κ1) is 9.36. The molecule has 2 nitrogen and oxygen atoms in total. The molecule has 0 saturated carbocycles. The summed E-state index contributed by atoms with van der Waals surface area (Å²) >= 11 is 4.22. The highest BCUT2D eigenvalue weighted by Gasteiger charge is 2.22. The van der Waals surface area contributed by atoms with Crippen LogP contribution >= 0.6 is 12.6 Å². The zero-order valence-electron chi connectivity index (χ0n) is 7.45. The maximum Gasteiger partial charge on any atom is 0.0232 e. The number of hydrogen-bond acceptors (Lipinski definition) is 3. The summed E-state index contributed by atoms with van der Waals surface area (Å²) in [4.78, 5) is 4.80. The van der Waals surface area contributed by atoms with Crippen molar-refractivity contribution < 1.29 is 0 Å². The Balaban J connectivity index is 2.25. The van der Waals surface area contributed by atoms with Gasteiger partial charge in [-0.05, 0) is 27.1 Å². The van der Waals surface area contributed by atoms with E-state index in [2.05, 4.69) is 36.5 Å². The van der Waals surface area contributed by atoms with Crippen LogP contribution in [0.2, 0.25) is 0 Å². The van der Waals surface area contributed by atoms with Crippen molar-refractivity contribution in [3.8, 4) is 0 Å². The fourth-order valence-corrected chi connectivity index (χ4v) is 1.93. The molecule has 66 valence electrons.